The van der Waals surface area contributed by atoms with Gasteiger partial charge in [-0.1, -0.05) is 30.3 Å². The fraction of sp³-hybridized carbons (Fsp3) is 0.632. The normalized spacial score (nSPS) is 23.5. The Bertz CT molecular complexity index is 513. The third kappa shape index (κ3) is 4.96. The number of benzene rings is 1. The Morgan fingerprint density at radius 3 is 2.57 bits per heavy atom. The molecule has 1 aromatic carbocycles. The van der Waals surface area contributed by atoms with E-state index in [1.165, 1.54) is 5.56 Å². The van der Waals surface area contributed by atoms with Crippen molar-refractivity contribution in [1.29, 1.82) is 0 Å². The van der Waals surface area contributed by atoms with Crippen molar-refractivity contribution >= 4 is 6.03 Å². The van der Waals surface area contributed by atoms with Crippen molar-refractivity contribution in [2.45, 2.75) is 64.0 Å². The Hall–Kier alpha value is -1.55. The highest BCUT2D eigenvalue weighted by molar-refractivity contribution is 5.74. The molecule has 0 spiro atoms. The van der Waals surface area contributed by atoms with Gasteiger partial charge in [0.2, 0.25) is 0 Å². The maximum Gasteiger partial charge on any atom is 0.314 e. The molecule has 2 rings (SSSR count). The van der Waals surface area contributed by atoms with Gasteiger partial charge in [-0.15, -0.1) is 0 Å². The van der Waals surface area contributed by atoms with E-state index in [0.29, 0.717) is 6.54 Å². The van der Waals surface area contributed by atoms with Crippen molar-refractivity contribution in [3.05, 3.63) is 35.9 Å². The third-order valence-corrected chi connectivity index (χ3v) is 4.53. The van der Waals surface area contributed by atoms with Crippen LogP contribution in [0.4, 0.5) is 4.79 Å². The van der Waals surface area contributed by atoms with Crippen LogP contribution in [0.25, 0.3) is 0 Å². The Morgan fingerprint density at radius 2 is 1.96 bits per heavy atom. The van der Waals surface area contributed by atoms with Crippen LogP contribution in [-0.4, -0.2) is 30.8 Å². The van der Waals surface area contributed by atoms with Crippen LogP contribution >= 0.6 is 0 Å². The van der Waals surface area contributed by atoms with E-state index in [1.54, 1.807) is 0 Å². The lowest BCUT2D eigenvalue weighted by atomic mass is 9.67. The van der Waals surface area contributed by atoms with Crippen LogP contribution in [0.2, 0.25) is 0 Å². The van der Waals surface area contributed by atoms with Crippen molar-refractivity contribution in [3.63, 3.8) is 0 Å². The van der Waals surface area contributed by atoms with E-state index < -0.39 is 0 Å². The predicted molar refractivity (Wildman–Crippen MR) is 93.7 cm³/mol. The van der Waals surface area contributed by atoms with Gasteiger partial charge in [0.25, 0.3) is 0 Å². The molecule has 1 fully saturated rings. The van der Waals surface area contributed by atoms with Gasteiger partial charge in [-0.3, -0.25) is 0 Å². The maximum absolute atomic E-state index is 11.8. The Labute approximate surface area is 140 Å². The first-order valence-electron chi connectivity index (χ1n) is 8.57. The number of rotatable bonds is 5. The molecule has 128 valence electrons. The largest absolute Gasteiger partial charge is 0.376 e. The van der Waals surface area contributed by atoms with Gasteiger partial charge in [0, 0.05) is 24.6 Å². The topological polar surface area (TPSA) is 50.4 Å². The van der Waals surface area contributed by atoms with Crippen molar-refractivity contribution in [1.82, 2.24) is 10.6 Å². The molecular formula is C19H30N2O2. The first-order chi connectivity index (χ1) is 10.8. The molecular weight excluding hydrogens is 288 g/mol. The molecule has 1 atom stereocenters. The molecule has 2 N–H and O–H groups in total. The van der Waals surface area contributed by atoms with Crippen LogP contribution in [-0.2, 0) is 10.2 Å². The average molecular weight is 318 g/mol. The molecule has 1 aliphatic heterocycles. The Kier molecular flexibility index (Phi) is 5.69. The number of urea groups is 1. The van der Waals surface area contributed by atoms with Crippen LogP contribution in [0.15, 0.2) is 30.3 Å². The summed E-state index contributed by atoms with van der Waals surface area (Å²) < 4.78 is 5.92. The number of carbonyl (C=O) groups is 1. The first-order valence-corrected chi connectivity index (χ1v) is 8.57. The summed E-state index contributed by atoms with van der Waals surface area (Å²) in [5, 5.41) is 5.87. The number of amides is 2. The third-order valence-electron chi connectivity index (χ3n) is 4.53. The zero-order valence-electron chi connectivity index (χ0n) is 14.8. The number of nitrogens with one attached hydrogen (secondary N) is 2. The van der Waals surface area contributed by atoms with Crippen LogP contribution in [0.5, 0.6) is 0 Å². The first kappa shape index (κ1) is 17.8. The van der Waals surface area contributed by atoms with Crippen molar-refractivity contribution in [2.24, 2.45) is 0 Å². The molecule has 4 heteroatoms. The van der Waals surface area contributed by atoms with Gasteiger partial charge < -0.3 is 15.4 Å². The number of hydrogen-bond acceptors (Lipinski definition) is 2. The molecule has 1 saturated heterocycles. The summed E-state index contributed by atoms with van der Waals surface area (Å²) in [7, 11) is 0. The van der Waals surface area contributed by atoms with E-state index >= 15 is 0 Å². The second-order valence-corrected chi connectivity index (χ2v) is 7.49. The van der Waals surface area contributed by atoms with Gasteiger partial charge in [0.05, 0.1) is 5.60 Å². The Morgan fingerprint density at radius 1 is 1.26 bits per heavy atom. The van der Waals surface area contributed by atoms with Crippen molar-refractivity contribution < 1.29 is 9.53 Å². The van der Waals surface area contributed by atoms with Crippen LogP contribution < -0.4 is 10.6 Å². The van der Waals surface area contributed by atoms with E-state index in [0.717, 1.165) is 25.9 Å². The molecule has 1 aliphatic rings. The summed E-state index contributed by atoms with van der Waals surface area (Å²) in [6, 6.07) is 10.7. The standard InChI is InChI=1S/C19H30N2O2/c1-15(2)21-17(22)20-12-10-19(16-8-6-5-7-9-16)11-13-23-18(3,4)14-19/h5-9,15H,10-14H2,1-4H3,(H2,20,21,22). The number of ether oxygens (including phenoxy) is 1. The summed E-state index contributed by atoms with van der Waals surface area (Å²) in [4.78, 5) is 11.8. The quantitative estimate of drug-likeness (QED) is 0.871. The fourth-order valence-electron chi connectivity index (χ4n) is 3.60. The molecule has 23 heavy (non-hydrogen) atoms. The highest BCUT2D eigenvalue weighted by Crippen LogP contribution is 2.43. The van der Waals surface area contributed by atoms with Crippen LogP contribution in [0, 0.1) is 0 Å². The van der Waals surface area contributed by atoms with Crippen LogP contribution in [0.3, 0.4) is 0 Å². The SMILES string of the molecule is CC(C)NC(=O)NCCC1(c2ccccc2)CCOC(C)(C)C1. The van der Waals surface area contributed by atoms with Gasteiger partial charge in [0.15, 0.2) is 0 Å². The van der Waals surface area contributed by atoms with Gasteiger partial charge in [0.1, 0.15) is 0 Å². The molecule has 0 bridgehead atoms. The summed E-state index contributed by atoms with van der Waals surface area (Å²) in [5.41, 5.74) is 1.28. The molecule has 0 radical (unpaired) electrons. The molecule has 0 aromatic heterocycles. The van der Waals surface area contributed by atoms with E-state index in [1.807, 2.05) is 13.8 Å². The van der Waals surface area contributed by atoms with Gasteiger partial charge >= 0.3 is 6.03 Å². The highest BCUT2D eigenvalue weighted by Gasteiger charge is 2.41. The summed E-state index contributed by atoms with van der Waals surface area (Å²) in [6.07, 6.45) is 2.89. The minimum Gasteiger partial charge on any atom is -0.376 e. The minimum absolute atomic E-state index is 0.0636. The predicted octanol–water partition coefficient (Wildman–Crippen LogP) is 3.61. The second kappa shape index (κ2) is 7.35. The minimum atomic E-state index is -0.131. The average Bonchev–Trinajstić information content (AvgIpc) is 2.46. The molecule has 0 aliphatic carbocycles. The molecule has 4 nitrogen and oxygen atoms in total. The monoisotopic (exact) mass is 318 g/mol. The lowest BCUT2D eigenvalue weighted by Gasteiger charge is -2.45. The summed E-state index contributed by atoms with van der Waals surface area (Å²) in [6.45, 7) is 9.67. The van der Waals surface area contributed by atoms with Crippen molar-refractivity contribution in [2.75, 3.05) is 13.2 Å². The van der Waals surface area contributed by atoms with E-state index in [-0.39, 0.29) is 23.1 Å². The fourth-order valence-corrected chi connectivity index (χ4v) is 3.60. The van der Waals surface area contributed by atoms with Gasteiger partial charge in [-0.2, -0.15) is 0 Å². The van der Waals surface area contributed by atoms with Crippen molar-refractivity contribution in [3.8, 4) is 0 Å². The Balaban J connectivity index is 2.08. The molecule has 1 heterocycles. The lowest BCUT2D eigenvalue weighted by molar-refractivity contribution is -0.0838. The zero-order valence-corrected chi connectivity index (χ0v) is 14.8. The lowest BCUT2D eigenvalue weighted by Crippen LogP contribution is -2.47. The summed E-state index contributed by atoms with van der Waals surface area (Å²) in [5.74, 6) is 0. The van der Waals surface area contributed by atoms with E-state index in [4.69, 9.17) is 4.74 Å². The van der Waals surface area contributed by atoms with E-state index in [9.17, 15) is 4.79 Å². The van der Waals surface area contributed by atoms with E-state index in [2.05, 4.69) is 54.8 Å². The van der Waals surface area contributed by atoms with Gasteiger partial charge in [-0.05, 0) is 52.5 Å². The van der Waals surface area contributed by atoms with Gasteiger partial charge in [-0.25, -0.2) is 4.79 Å². The smallest absolute Gasteiger partial charge is 0.314 e. The highest BCUT2D eigenvalue weighted by atomic mass is 16.5. The summed E-state index contributed by atoms with van der Waals surface area (Å²) >= 11 is 0. The number of hydrogen-bond donors (Lipinski definition) is 2. The zero-order chi connectivity index (χ0) is 16.9. The maximum atomic E-state index is 11.8. The molecule has 1 aromatic rings. The number of carbonyl (C=O) groups excluding carboxylic acids is 1. The molecule has 0 saturated carbocycles. The van der Waals surface area contributed by atoms with Crippen LogP contribution in [0.1, 0.15) is 52.5 Å². The second-order valence-electron chi connectivity index (χ2n) is 7.49. The molecule has 1 unspecified atom stereocenters. The molecule has 2 amide bonds.